The summed E-state index contributed by atoms with van der Waals surface area (Å²) in [4.78, 5) is 8.90. The number of fused-ring (bicyclic) bond motifs is 1. The Kier molecular flexibility index (Phi) is 4.44. The number of halogens is 3. The lowest BCUT2D eigenvalue weighted by atomic mass is 10.1. The number of benzene rings is 1. The van der Waals surface area contributed by atoms with Gasteiger partial charge in [0.05, 0.1) is 5.48 Å². The van der Waals surface area contributed by atoms with E-state index in [2.05, 4.69) is 5.32 Å². The lowest BCUT2D eigenvalue weighted by Gasteiger charge is -2.25. The molecule has 1 aromatic carbocycles. The monoisotopic (exact) mass is 353 g/mol. The number of carboxylic acid groups (broad SMARTS) is 1. The summed E-state index contributed by atoms with van der Waals surface area (Å²) in [6, 6.07) is 4.77. The zero-order valence-electron chi connectivity index (χ0n) is 16.4. The molecule has 2 aliphatic heterocycles. The number of piperidine rings is 1. The van der Waals surface area contributed by atoms with Gasteiger partial charge in [0.25, 0.3) is 0 Å². The molecule has 2 aliphatic rings. The molecular weight excluding hydrogens is 331 g/mol. The van der Waals surface area contributed by atoms with Crippen LogP contribution in [0.5, 0.6) is 17.2 Å². The van der Waals surface area contributed by atoms with E-state index in [0.29, 0.717) is 5.75 Å². The number of carbonyl (C=O) groups is 1. The second kappa shape index (κ2) is 8.09. The van der Waals surface area contributed by atoms with Crippen LogP contribution in [0.1, 0.15) is 18.3 Å². The largest absolute Gasteiger partial charge is 0.490 e. The van der Waals surface area contributed by atoms with Crippen LogP contribution >= 0.6 is 0 Å². The molecule has 0 spiro atoms. The molecular formula is C15H18F3NO5. The number of rotatable bonds is 2. The molecule has 24 heavy (non-hydrogen) atoms. The summed E-state index contributed by atoms with van der Waals surface area (Å²) < 4.78 is 77.9. The zero-order chi connectivity index (χ0) is 21.2. The van der Waals surface area contributed by atoms with E-state index in [4.69, 9.17) is 29.6 Å². The van der Waals surface area contributed by atoms with Crippen LogP contribution in [0.15, 0.2) is 18.2 Å². The minimum atomic E-state index is -5.08. The highest BCUT2D eigenvalue weighted by molar-refractivity contribution is 5.73. The Balaban J connectivity index is 0.000000345. The van der Waals surface area contributed by atoms with Crippen LogP contribution in [0.4, 0.5) is 13.2 Å². The Bertz CT molecular complexity index is 711. The number of aliphatic carboxylic acids is 1. The molecule has 1 aromatic rings. The molecule has 0 bridgehead atoms. The van der Waals surface area contributed by atoms with Crippen LogP contribution in [-0.4, -0.2) is 49.6 Å². The van der Waals surface area contributed by atoms with Gasteiger partial charge in [-0.1, -0.05) is 0 Å². The lowest BCUT2D eigenvalue weighted by molar-refractivity contribution is -0.192. The molecule has 0 amide bonds. The van der Waals surface area contributed by atoms with Gasteiger partial charge in [0.2, 0.25) is 0 Å². The van der Waals surface area contributed by atoms with Crippen LogP contribution in [0.2, 0.25) is 0 Å². The van der Waals surface area contributed by atoms with Gasteiger partial charge in [-0.2, -0.15) is 13.2 Å². The highest BCUT2D eigenvalue weighted by Gasteiger charge is 2.38. The van der Waals surface area contributed by atoms with E-state index in [9.17, 15) is 13.2 Å². The van der Waals surface area contributed by atoms with Gasteiger partial charge >= 0.3 is 12.1 Å². The second-order valence-corrected chi connectivity index (χ2v) is 4.89. The first-order valence-electron chi connectivity index (χ1n) is 9.01. The summed E-state index contributed by atoms with van der Waals surface area (Å²) in [5.74, 6) is -1.86. The maximum absolute atomic E-state index is 10.6. The first-order chi connectivity index (χ1) is 12.8. The maximum atomic E-state index is 10.6. The second-order valence-electron chi connectivity index (χ2n) is 4.89. The van der Waals surface area contributed by atoms with Gasteiger partial charge in [0.15, 0.2) is 11.5 Å². The van der Waals surface area contributed by atoms with E-state index in [1.165, 1.54) is 0 Å². The summed E-state index contributed by atoms with van der Waals surface area (Å²) in [6.07, 6.45) is -3.13. The lowest BCUT2D eigenvalue weighted by Crippen LogP contribution is -2.34. The molecule has 1 fully saturated rings. The fourth-order valence-electron chi connectivity index (χ4n) is 1.98. The highest BCUT2D eigenvalue weighted by atomic mass is 19.4. The first-order valence-corrected chi connectivity index (χ1v) is 7.01. The average Bonchev–Trinajstić information content (AvgIpc) is 2.56. The molecule has 0 atom stereocenters. The maximum Gasteiger partial charge on any atom is 0.490 e. The van der Waals surface area contributed by atoms with E-state index < -0.39 is 25.3 Å². The van der Waals surface area contributed by atoms with Gasteiger partial charge in [-0.15, -0.1) is 0 Å². The molecule has 2 N–H and O–H groups in total. The van der Waals surface area contributed by atoms with Gasteiger partial charge in [0, 0.05) is 6.07 Å². The molecule has 2 heterocycles. The number of hydrogen-bond acceptors (Lipinski definition) is 5. The smallest absolute Gasteiger partial charge is 0.490 e. The summed E-state index contributed by atoms with van der Waals surface area (Å²) in [7, 11) is 0. The van der Waals surface area contributed by atoms with Crippen molar-refractivity contribution in [3.63, 3.8) is 0 Å². The number of ether oxygens (including phenoxy) is 3. The van der Waals surface area contributed by atoms with Crippen LogP contribution in [0.25, 0.3) is 0 Å². The fourth-order valence-corrected chi connectivity index (χ4v) is 1.98. The molecule has 0 unspecified atom stereocenters. The third-order valence-electron chi connectivity index (χ3n) is 3.11. The Hall–Kier alpha value is -2.16. The molecule has 9 heteroatoms. The van der Waals surface area contributed by atoms with Crippen LogP contribution in [0, 0.1) is 0 Å². The number of carboxylic acids is 1. The van der Waals surface area contributed by atoms with Gasteiger partial charge in [-0.05, 0) is 38.1 Å². The average molecular weight is 353 g/mol. The van der Waals surface area contributed by atoms with Crippen LogP contribution in [0.3, 0.4) is 0 Å². The zero-order valence-corrected chi connectivity index (χ0v) is 12.4. The van der Waals surface area contributed by atoms with Crippen molar-refractivity contribution in [1.82, 2.24) is 5.32 Å². The van der Waals surface area contributed by atoms with Crippen molar-refractivity contribution in [3.8, 4) is 17.2 Å². The molecule has 3 rings (SSSR count). The molecule has 0 aliphatic carbocycles. The topological polar surface area (TPSA) is 77.0 Å². The Labute approximate surface area is 142 Å². The van der Waals surface area contributed by atoms with Gasteiger partial charge < -0.3 is 24.6 Å². The predicted molar refractivity (Wildman–Crippen MR) is 77.6 cm³/mol. The van der Waals surface area contributed by atoms with Gasteiger partial charge in [-0.25, -0.2) is 4.79 Å². The SMILES string of the molecule is O=C(O)C(F)(F)F.[2H]C1([2H])Oc2ccc(OC3CCNCC3)cc2OC1([2H])[2H]. The number of alkyl halides is 3. The van der Waals surface area contributed by atoms with Crippen molar-refractivity contribution < 1.29 is 42.8 Å². The van der Waals surface area contributed by atoms with E-state index in [1.807, 2.05) is 0 Å². The number of nitrogens with one attached hydrogen (secondary N) is 1. The third kappa shape index (κ3) is 5.48. The standard InChI is InChI=1S/C13H17NO3.C2HF3O2/c1-2-12-13(16-8-7-15-12)9-11(1)17-10-3-5-14-6-4-10;3-2(4,5)1(6)7/h1-2,9-10,14H,3-8H2;(H,6,7)/i7D2,8D2;. The third-order valence-corrected chi connectivity index (χ3v) is 3.11. The van der Waals surface area contributed by atoms with Crippen molar-refractivity contribution >= 4 is 5.97 Å². The summed E-state index contributed by atoms with van der Waals surface area (Å²) in [5.41, 5.74) is 0. The summed E-state index contributed by atoms with van der Waals surface area (Å²) in [6.45, 7) is -3.25. The number of hydrogen-bond donors (Lipinski definition) is 2. The molecule has 0 saturated carbocycles. The van der Waals surface area contributed by atoms with Crippen molar-refractivity contribution in [3.05, 3.63) is 18.2 Å². The van der Waals surface area contributed by atoms with Crippen molar-refractivity contribution in [2.75, 3.05) is 26.2 Å². The molecule has 0 aromatic heterocycles. The van der Waals surface area contributed by atoms with Crippen molar-refractivity contribution in [2.24, 2.45) is 0 Å². The summed E-state index contributed by atoms with van der Waals surface area (Å²) in [5, 5.41) is 10.4. The highest BCUT2D eigenvalue weighted by Crippen LogP contribution is 2.34. The van der Waals surface area contributed by atoms with E-state index in [0.717, 1.165) is 25.9 Å². The van der Waals surface area contributed by atoms with Crippen molar-refractivity contribution in [2.45, 2.75) is 25.1 Å². The molecule has 6 nitrogen and oxygen atoms in total. The molecule has 134 valence electrons. The van der Waals surface area contributed by atoms with Crippen LogP contribution < -0.4 is 19.5 Å². The first kappa shape index (κ1) is 13.2. The van der Waals surface area contributed by atoms with Crippen molar-refractivity contribution in [1.29, 1.82) is 0 Å². The van der Waals surface area contributed by atoms with Gasteiger partial charge in [0.1, 0.15) is 25.0 Å². The minimum absolute atomic E-state index is 0.122. The Morgan fingerprint density at radius 2 is 1.83 bits per heavy atom. The van der Waals surface area contributed by atoms with Gasteiger partial charge in [-0.3, -0.25) is 0 Å². The Morgan fingerprint density at radius 1 is 1.25 bits per heavy atom. The van der Waals surface area contributed by atoms with E-state index in [-0.39, 0.29) is 17.6 Å². The predicted octanol–water partition coefficient (Wildman–Crippen LogP) is 2.22. The van der Waals surface area contributed by atoms with E-state index >= 15 is 0 Å². The normalized spacial score (nSPS) is 24.1. The Morgan fingerprint density at radius 3 is 2.42 bits per heavy atom. The summed E-state index contributed by atoms with van der Waals surface area (Å²) >= 11 is 0. The van der Waals surface area contributed by atoms with Crippen LogP contribution in [-0.2, 0) is 4.79 Å². The minimum Gasteiger partial charge on any atom is -0.490 e. The molecule has 1 saturated heterocycles. The quantitative estimate of drug-likeness (QED) is 0.849. The van der Waals surface area contributed by atoms with E-state index in [1.54, 1.807) is 18.2 Å². The molecule has 0 radical (unpaired) electrons. The fraction of sp³-hybridized carbons (Fsp3) is 0.533.